The first-order valence-corrected chi connectivity index (χ1v) is 8.91. The van der Waals surface area contributed by atoms with Crippen molar-refractivity contribution in [3.05, 3.63) is 59.0 Å². The van der Waals surface area contributed by atoms with E-state index in [0.717, 1.165) is 42.9 Å². The van der Waals surface area contributed by atoms with Crippen LogP contribution in [0.3, 0.4) is 0 Å². The number of nitrogens with zero attached hydrogens (tertiary/aromatic N) is 2. The Bertz CT molecular complexity index is 677. The maximum Gasteiger partial charge on any atom is 0.176 e. The van der Waals surface area contributed by atoms with Crippen molar-refractivity contribution in [1.29, 1.82) is 0 Å². The van der Waals surface area contributed by atoms with E-state index in [1.165, 1.54) is 11.3 Å². The molecule has 0 atom stereocenters. The molecular weight excluding hydrogens is 296 g/mol. The molecule has 0 fully saturated rings. The molecule has 0 aliphatic rings. The Hall–Kier alpha value is -2.29. The van der Waals surface area contributed by atoms with Crippen LogP contribution < -0.4 is 4.90 Å². The molecule has 2 aromatic rings. The fourth-order valence-electron chi connectivity index (χ4n) is 3.01. The molecule has 24 heavy (non-hydrogen) atoms. The molecule has 0 saturated heterocycles. The van der Waals surface area contributed by atoms with Gasteiger partial charge in [0.05, 0.1) is 0 Å². The molecule has 1 heterocycles. The second-order valence-corrected chi connectivity index (χ2v) is 5.69. The normalized spacial score (nSPS) is 11.0. The van der Waals surface area contributed by atoms with Crippen LogP contribution in [0.4, 0.5) is 5.82 Å². The van der Waals surface area contributed by atoms with E-state index in [1.54, 1.807) is 0 Å². The molecule has 0 bridgehead atoms. The van der Waals surface area contributed by atoms with Crippen molar-refractivity contribution in [2.75, 3.05) is 11.4 Å². The molecule has 3 heteroatoms. The van der Waals surface area contributed by atoms with Crippen LogP contribution in [0.2, 0.25) is 0 Å². The quantitative estimate of drug-likeness (QED) is 0.582. The zero-order chi connectivity index (χ0) is 17.4. The summed E-state index contributed by atoms with van der Waals surface area (Å²) in [5.41, 5.74) is 4.01. The summed E-state index contributed by atoms with van der Waals surface area (Å²) >= 11 is 0. The third-order valence-corrected chi connectivity index (χ3v) is 4.27. The van der Waals surface area contributed by atoms with Crippen LogP contribution in [0.25, 0.3) is 12.2 Å². The van der Waals surface area contributed by atoms with Gasteiger partial charge in [0.15, 0.2) is 11.6 Å². The highest BCUT2D eigenvalue weighted by Crippen LogP contribution is 2.26. The highest BCUT2D eigenvalue weighted by Gasteiger charge is 2.15. The summed E-state index contributed by atoms with van der Waals surface area (Å²) in [4.78, 5) is 2.27. The topological polar surface area (TPSA) is 29.3 Å². The van der Waals surface area contributed by atoms with E-state index in [4.69, 9.17) is 4.52 Å². The molecule has 3 nitrogen and oxygen atoms in total. The van der Waals surface area contributed by atoms with Gasteiger partial charge in [0.2, 0.25) is 0 Å². The fourth-order valence-corrected chi connectivity index (χ4v) is 3.01. The molecule has 0 spiro atoms. The largest absolute Gasteiger partial charge is 0.355 e. The van der Waals surface area contributed by atoms with Crippen molar-refractivity contribution in [2.45, 2.75) is 47.0 Å². The minimum absolute atomic E-state index is 0.775. The minimum Gasteiger partial charge on any atom is -0.355 e. The summed E-state index contributed by atoms with van der Waals surface area (Å²) < 4.78 is 5.51. The molecule has 0 saturated carbocycles. The van der Waals surface area contributed by atoms with Crippen molar-refractivity contribution < 1.29 is 4.52 Å². The first kappa shape index (κ1) is 18.1. The van der Waals surface area contributed by atoms with Crippen LogP contribution in [0.15, 0.2) is 52.2 Å². The Morgan fingerprint density at radius 1 is 1.00 bits per heavy atom. The number of benzene rings is 1. The van der Waals surface area contributed by atoms with E-state index in [2.05, 4.69) is 49.9 Å². The van der Waals surface area contributed by atoms with Gasteiger partial charge in [-0.3, -0.25) is 0 Å². The highest BCUT2D eigenvalue weighted by atomic mass is 16.5. The summed E-state index contributed by atoms with van der Waals surface area (Å²) in [5, 5.41) is 4.28. The van der Waals surface area contributed by atoms with E-state index < -0.39 is 0 Å². The Balaban J connectivity index is 2.24. The maximum absolute atomic E-state index is 5.51. The smallest absolute Gasteiger partial charge is 0.176 e. The first-order chi connectivity index (χ1) is 11.7. The minimum atomic E-state index is 0.775. The van der Waals surface area contributed by atoms with Crippen molar-refractivity contribution in [2.24, 2.45) is 0 Å². The highest BCUT2D eigenvalue weighted by molar-refractivity contribution is 5.68. The number of hydrogen-bond acceptors (Lipinski definition) is 3. The zero-order valence-corrected chi connectivity index (χ0v) is 15.2. The SMILES string of the molecule is CCC(CC)=C(CC)N(CC)c1cc(C=Cc2ccccc2)on1. The van der Waals surface area contributed by atoms with E-state index >= 15 is 0 Å². The van der Waals surface area contributed by atoms with Crippen molar-refractivity contribution in [3.8, 4) is 0 Å². The first-order valence-electron chi connectivity index (χ1n) is 8.91. The van der Waals surface area contributed by atoms with Gasteiger partial charge in [0.1, 0.15) is 0 Å². The Morgan fingerprint density at radius 3 is 2.29 bits per heavy atom. The van der Waals surface area contributed by atoms with E-state index in [9.17, 15) is 0 Å². The predicted molar refractivity (Wildman–Crippen MR) is 103 cm³/mol. The Morgan fingerprint density at radius 2 is 1.71 bits per heavy atom. The van der Waals surface area contributed by atoms with Gasteiger partial charge in [-0.1, -0.05) is 67.9 Å². The number of hydrogen-bond donors (Lipinski definition) is 0. The van der Waals surface area contributed by atoms with Crippen molar-refractivity contribution in [3.63, 3.8) is 0 Å². The Kier molecular flexibility index (Phi) is 6.86. The molecule has 0 N–H and O–H groups in total. The molecule has 2 rings (SSSR count). The Labute approximate surface area is 145 Å². The number of anilines is 1. The van der Waals surface area contributed by atoms with E-state index in [-0.39, 0.29) is 0 Å². The molecule has 0 radical (unpaired) electrons. The average molecular weight is 324 g/mol. The lowest BCUT2D eigenvalue weighted by molar-refractivity contribution is 0.413. The van der Waals surface area contributed by atoms with E-state index in [0.29, 0.717) is 0 Å². The van der Waals surface area contributed by atoms with Crippen LogP contribution >= 0.6 is 0 Å². The van der Waals surface area contributed by atoms with Crippen LogP contribution in [-0.4, -0.2) is 11.7 Å². The number of rotatable bonds is 8. The van der Waals surface area contributed by atoms with Gasteiger partial charge in [-0.15, -0.1) is 0 Å². The molecule has 1 aromatic carbocycles. The summed E-state index contributed by atoms with van der Waals surface area (Å²) in [6.07, 6.45) is 7.17. The standard InChI is InChI=1S/C21H28N2O/c1-5-18(6-2)20(7-3)23(8-4)21-16-19(24-22-21)15-14-17-12-10-9-11-13-17/h9-16H,5-8H2,1-4H3. The fraction of sp³-hybridized carbons (Fsp3) is 0.381. The zero-order valence-electron chi connectivity index (χ0n) is 15.2. The summed E-state index contributed by atoms with van der Waals surface area (Å²) in [6, 6.07) is 12.2. The van der Waals surface area contributed by atoms with Gasteiger partial charge in [-0.2, -0.15) is 0 Å². The van der Waals surface area contributed by atoms with Gasteiger partial charge in [0.25, 0.3) is 0 Å². The lowest BCUT2D eigenvalue weighted by Gasteiger charge is -2.25. The van der Waals surface area contributed by atoms with Crippen LogP contribution in [-0.2, 0) is 0 Å². The summed E-state index contributed by atoms with van der Waals surface area (Å²) in [6.45, 7) is 9.70. The van der Waals surface area contributed by atoms with E-state index in [1.807, 2.05) is 36.4 Å². The molecule has 1 aromatic heterocycles. The summed E-state index contributed by atoms with van der Waals surface area (Å²) in [7, 11) is 0. The third kappa shape index (κ3) is 4.38. The van der Waals surface area contributed by atoms with Gasteiger partial charge >= 0.3 is 0 Å². The lowest BCUT2D eigenvalue weighted by atomic mass is 10.1. The van der Waals surface area contributed by atoms with Crippen LogP contribution in [0.1, 0.15) is 58.3 Å². The summed E-state index contributed by atoms with van der Waals surface area (Å²) in [5.74, 6) is 1.67. The van der Waals surface area contributed by atoms with Gasteiger partial charge in [0, 0.05) is 18.3 Å². The van der Waals surface area contributed by atoms with Crippen molar-refractivity contribution in [1.82, 2.24) is 5.16 Å². The molecule has 0 unspecified atom stereocenters. The molecule has 128 valence electrons. The average Bonchev–Trinajstić information content (AvgIpc) is 3.09. The van der Waals surface area contributed by atoms with Gasteiger partial charge < -0.3 is 9.42 Å². The van der Waals surface area contributed by atoms with Crippen LogP contribution in [0, 0.1) is 0 Å². The number of allylic oxidation sites excluding steroid dienone is 2. The number of aromatic nitrogens is 1. The monoisotopic (exact) mass is 324 g/mol. The second kappa shape index (κ2) is 9.11. The second-order valence-electron chi connectivity index (χ2n) is 5.69. The van der Waals surface area contributed by atoms with Crippen LogP contribution in [0.5, 0.6) is 0 Å². The van der Waals surface area contributed by atoms with Gasteiger partial charge in [-0.05, 0) is 37.8 Å². The van der Waals surface area contributed by atoms with Crippen molar-refractivity contribution >= 4 is 18.0 Å². The molecule has 0 aliphatic heterocycles. The molecular formula is C21H28N2O. The predicted octanol–water partition coefficient (Wildman–Crippen LogP) is 6.16. The van der Waals surface area contributed by atoms with Gasteiger partial charge in [-0.25, -0.2) is 0 Å². The molecule has 0 amide bonds. The third-order valence-electron chi connectivity index (χ3n) is 4.27. The maximum atomic E-state index is 5.51. The lowest BCUT2D eigenvalue weighted by Crippen LogP contribution is -2.23. The molecule has 0 aliphatic carbocycles.